The lowest BCUT2D eigenvalue weighted by molar-refractivity contribution is -0.115. The number of anilines is 1. The molecule has 0 saturated carbocycles. The summed E-state index contributed by atoms with van der Waals surface area (Å²) in [6, 6.07) is 11.9. The molecule has 0 bridgehead atoms. The molecule has 2 aromatic carbocycles. The smallest absolute Gasteiger partial charge is 0.230 e. The maximum Gasteiger partial charge on any atom is 0.230 e. The van der Waals surface area contributed by atoms with Crippen LogP contribution in [0.4, 0.5) is 5.69 Å². The zero-order chi connectivity index (χ0) is 20.8. The second-order valence-electron chi connectivity index (χ2n) is 6.66. The minimum absolute atomic E-state index is 0.0573. The second-order valence-corrected chi connectivity index (χ2v) is 8.74. The Balaban J connectivity index is 1.58. The number of carbonyl (C=O) groups excluding carboxylic acids is 1. The first-order chi connectivity index (χ1) is 14.0. The lowest BCUT2D eigenvalue weighted by atomic mass is 10.1. The quantitative estimate of drug-likeness (QED) is 0.497. The first-order valence-corrected chi connectivity index (χ1v) is 11.0. The fraction of sp³-hybridized carbons (Fsp3) is 0.273. The number of carbonyl (C=O) groups is 1. The van der Waals surface area contributed by atoms with E-state index in [1.54, 1.807) is 37.3 Å². The van der Waals surface area contributed by atoms with E-state index in [-0.39, 0.29) is 12.3 Å². The molecule has 5 nitrogen and oxygen atoms in total. The number of hydrogen-bond acceptors (Lipinski definition) is 6. The Morgan fingerprint density at radius 2 is 1.83 bits per heavy atom. The Labute approximate surface area is 179 Å². The highest BCUT2D eigenvalue weighted by molar-refractivity contribution is 8.00. The number of nitrogens with one attached hydrogen (secondary N) is 1. The van der Waals surface area contributed by atoms with Crippen LogP contribution in [0.1, 0.15) is 22.4 Å². The lowest BCUT2D eigenvalue weighted by Crippen LogP contribution is -2.15. The number of rotatable bonds is 8. The van der Waals surface area contributed by atoms with Crippen LogP contribution in [0.2, 0.25) is 0 Å². The van der Waals surface area contributed by atoms with Crippen LogP contribution in [0, 0.1) is 13.8 Å². The molecule has 0 saturated heterocycles. The van der Waals surface area contributed by atoms with Gasteiger partial charge in [-0.1, -0.05) is 23.9 Å². The predicted molar refractivity (Wildman–Crippen MR) is 119 cm³/mol. The molecule has 0 aliphatic heterocycles. The van der Waals surface area contributed by atoms with E-state index in [2.05, 4.69) is 10.3 Å². The van der Waals surface area contributed by atoms with Crippen LogP contribution in [0.3, 0.4) is 0 Å². The zero-order valence-electron chi connectivity index (χ0n) is 16.9. The molecular formula is C22H24N2O3S2. The number of amides is 1. The van der Waals surface area contributed by atoms with Crippen molar-refractivity contribution in [2.24, 2.45) is 0 Å². The molecule has 0 radical (unpaired) electrons. The number of aryl methyl sites for hydroxylation is 2. The van der Waals surface area contributed by atoms with Crippen molar-refractivity contribution in [1.82, 2.24) is 4.98 Å². The van der Waals surface area contributed by atoms with Gasteiger partial charge in [-0.3, -0.25) is 4.79 Å². The summed E-state index contributed by atoms with van der Waals surface area (Å²) in [6.07, 6.45) is 0.261. The van der Waals surface area contributed by atoms with Gasteiger partial charge in [-0.25, -0.2) is 4.98 Å². The van der Waals surface area contributed by atoms with Crippen molar-refractivity contribution in [1.29, 1.82) is 0 Å². The fourth-order valence-corrected chi connectivity index (χ4v) is 4.53. The van der Waals surface area contributed by atoms with Gasteiger partial charge in [-0.2, -0.15) is 0 Å². The molecule has 29 heavy (non-hydrogen) atoms. The molecule has 3 aromatic rings. The van der Waals surface area contributed by atoms with E-state index in [1.165, 1.54) is 0 Å². The van der Waals surface area contributed by atoms with Gasteiger partial charge in [-0.15, -0.1) is 11.3 Å². The van der Waals surface area contributed by atoms with E-state index < -0.39 is 0 Å². The Morgan fingerprint density at radius 1 is 1.10 bits per heavy atom. The lowest BCUT2D eigenvalue weighted by Gasteiger charge is -2.08. The summed E-state index contributed by atoms with van der Waals surface area (Å²) in [5, 5.41) is 4.92. The summed E-state index contributed by atoms with van der Waals surface area (Å²) in [6.45, 7) is 4.00. The molecule has 1 heterocycles. The molecule has 3 rings (SSSR count). The van der Waals surface area contributed by atoms with Crippen molar-refractivity contribution in [3.8, 4) is 11.5 Å². The van der Waals surface area contributed by atoms with Crippen molar-refractivity contribution in [3.05, 3.63) is 64.2 Å². The third kappa shape index (κ3) is 5.98. The number of methoxy groups -OCH3 is 2. The highest BCUT2D eigenvalue weighted by atomic mass is 32.2. The number of hydrogen-bond donors (Lipinski definition) is 1. The minimum atomic E-state index is -0.0573. The summed E-state index contributed by atoms with van der Waals surface area (Å²) in [5.41, 5.74) is 4.89. The average Bonchev–Trinajstić information content (AvgIpc) is 3.16. The van der Waals surface area contributed by atoms with Crippen molar-refractivity contribution in [3.63, 3.8) is 0 Å². The molecule has 1 amide bonds. The Hall–Kier alpha value is -2.51. The van der Waals surface area contributed by atoms with Crippen LogP contribution in [0.5, 0.6) is 11.5 Å². The Kier molecular flexibility index (Phi) is 7.17. The molecule has 0 fully saturated rings. The van der Waals surface area contributed by atoms with E-state index in [1.807, 2.05) is 55.6 Å². The standard InChI is InChI=1S/C22H24N2O3S2/c1-14-5-6-15(2)20(7-14)24-21(25)10-17-13-29-22(23-17)28-12-16-8-18(26-3)11-19(9-16)27-4/h5-9,11,13H,10,12H2,1-4H3,(H,24,25). The van der Waals surface area contributed by atoms with Crippen molar-refractivity contribution < 1.29 is 14.3 Å². The molecule has 0 aliphatic carbocycles. The fourth-order valence-electron chi connectivity index (χ4n) is 2.76. The first kappa shape index (κ1) is 21.2. The third-order valence-corrected chi connectivity index (χ3v) is 6.45. The van der Waals surface area contributed by atoms with E-state index >= 15 is 0 Å². The van der Waals surface area contributed by atoms with Crippen LogP contribution < -0.4 is 14.8 Å². The predicted octanol–water partition coefficient (Wildman–Crippen LogP) is 5.25. The van der Waals surface area contributed by atoms with E-state index in [4.69, 9.17) is 9.47 Å². The van der Waals surface area contributed by atoms with Crippen LogP contribution >= 0.6 is 23.1 Å². The SMILES string of the molecule is COc1cc(CSc2nc(CC(=O)Nc3cc(C)ccc3C)cs2)cc(OC)c1. The summed E-state index contributed by atoms with van der Waals surface area (Å²) in [5.74, 6) is 2.22. The summed E-state index contributed by atoms with van der Waals surface area (Å²) >= 11 is 3.18. The molecule has 1 N–H and O–H groups in total. The van der Waals surface area contributed by atoms with Gasteiger partial charge in [0.15, 0.2) is 0 Å². The third-order valence-electron chi connectivity index (χ3n) is 4.31. The summed E-state index contributed by atoms with van der Waals surface area (Å²) in [7, 11) is 3.28. The number of nitrogens with zero attached hydrogens (tertiary/aromatic N) is 1. The van der Waals surface area contributed by atoms with E-state index in [9.17, 15) is 4.79 Å². The topological polar surface area (TPSA) is 60.5 Å². The molecule has 1 aromatic heterocycles. The minimum Gasteiger partial charge on any atom is -0.497 e. The zero-order valence-corrected chi connectivity index (χ0v) is 18.6. The van der Waals surface area contributed by atoms with E-state index in [0.29, 0.717) is 0 Å². The molecule has 152 valence electrons. The number of aromatic nitrogens is 1. The normalized spacial score (nSPS) is 10.6. The van der Waals surface area contributed by atoms with E-state index in [0.717, 1.165) is 49.7 Å². The van der Waals surface area contributed by atoms with Crippen LogP contribution in [-0.2, 0) is 17.0 Å². The van der Waals surface area contributed by atoms with Gasteiger partial charge in [0, 0.05) is 22.9 Å². The molecule has 0 aliphatic rings. The molecular weight excluding hydrogens is 404 g/mol. The van der Waals surface area contributed by atoms with Gasteiger partial charge in [0.1, 0.15) is 15.8 Å². The molecule has 0 unspecified atom stereocenters. The van der Waals surface area contributed by atoms with Gasteiger partial charge in [0.25, 0.3) is 0 Å². The molecule has 0 spiro atoms. The maximum absolute atomic E-state index is 12.4. The van der Waals surface area contributed by atoms with Gasteiger partial charge < -0.3 is 14.8 Å². The Bertz CT molecular complexity index is 979. The van der Waals surface area contributed by atoms with Gasteiger partial charge in [0.05, 0.1) is 26.3 Å². The number of thioether (sulfide) groups is 1. The first-order valence-electron chi connectivity index (χ1n) is 9.13. The van der Waals surface area contributed by atoms with Gasteiger partial charge >= 0.3 is 0 Å². The summed E-state index contributed by atoms with van der Waals surface area (Å²) in [4.78, 5) is 17.0. The maximum atomic E-state index is 12.4. The number of ether oxygens (including phenoxy) is 2. The van der Waals surface area contributed by atoms with Crippen molar-refractivity contribution >= 4 is 34.7 Å². The van der Waals surface area contributed by atoms with Crippen molar-refractivity contribution in [2.75, 3.05) is 19.5 Å². The van der Waals surface area contributed by atoms with Crippen LogP contribution in [0.15, 0.2) is 46.1 Å². The number of thiazole rings is 1. The van der Waals surface area contributed by atoms with Crippen molar-refractivity contribution in [2.45, 2.75) is 30.4 Å². The van der Waals surface area contributed by atoms with Gasteiger partial charge in [0.2, 0.25) is 5.91 Å². The largest absolute Gasteiger partial charge is 0.497 e. The summed E-state index contributed by atoms with van der Waals surface area (Å²) < 4.78 is 11.6. The highest BCUT2D eigenvalue weighted by Gasteiger charge is 2.11. The average molecular weight is 429 g/mol. The van der Waals surface area contributed by atoms with Crippen LogP contribution in [0.25, 0.3) is 0 Å². The molecule has 0 atom stereocenters. The van der Waals surface area contributed by atoms with Gasteiger partial charge in [-0.05, 0) is 48.7 Å². The number of benzene rings is 2. The highest BCUT2D eigenvalue weighted by Crippen LogP contribution is 2.30. The monoisotopic (exact) mass is 428 g/mol. The van der Waals surface area contributed by atoms with Crippen LogP contribution in [-0.4, -0.2) is 25.1 Å². The molecule has 7 heteroatoms. The second kappa shape index (κ2) is 9.80. The Morgan fingerprint density at radius 3 is 2.52 bits per heavy atom.